The molecule has 35 heavy (non-hydrogen) atoms. The Hall–Kier alpha value is -0.890. The second-order valence-electron chi connectivity index (χ2n) is 12.4. The summed E-state index contributed by atoms with van der Waals surface area (Å²) in [5.74, 6) is 5.56. The van der Waals surface area contributed by atoms with Crippen LogP contribution in [0.25, 0.3) is 0 Å². The van der Waals surface area contributed by atoms with Crippen molar-refractivity contribution in [3.8, 4) is 0 Å². The fraction of sp³-hybridized carbons (Fsp3) is 0.818. The summed E-state index contributed by atoms with van der Waals surface area (Å²) in [5.41, 5.74) is 2.82. The van der Waals surface area contributed by atoms with E-state index >= 15 is 0 Å². The molecular weight excluding hydrogens is 431 g/mol. The van der Waals surface area contributed by atoms with Crippen LogP contribution in [0, 0.1) is 29.6 Å². The molecule has 0 heterocycles. The van der Waals surface area contributed by atoms with Gasteiger partial charge in [-0.2, -0.15) is 0 Å². The van der Waals surface area contributed by atoms with Gasteiger partial charge in [0.15, 0.2) is 0 Å². The van der Waals surface area contributed by atoms with Gasteiger partial charge in [-0.1, -0.05) is 62.8 Å². The summed E-state index contributed by atoms with van der Waals surface area (Å²) in [4.78, 5) is 0. The van der Waals surface area contributed by atoms with Crippen LogP contribution in [-0.2, 0) is 11.2 Å². The molecule has 1 atom stereocenters. The van der Waals surface area contributed by atoms with Crippen LogP contribution in [0.1, 0.15) is 127 Å². The molecule has 3 aliphatic rings. The summed E-state index contributed by atoms with van der Waals surface area (Å²) in [6.45, 7) is 5.07. The van der Waals surface area contributed by atoms with Crippen molar-refractivity contribution in [2.75, 3.05) is 13.3 Å². The third kappa shape index (κ3) is 8.05. The molecule has 0 aliphatic heterocycles. The Kier molecular flexibility index (Phi) is 11.0. The molecule has 0 spiro atoms. The Morgan fingerprint density at radius 3 is 1.86 bits per heavy atom. The molecule has 0 aromatic heterocycles. The number of hydrogen-bond donors (Lipinski definition) is 0. The Morgan fingerprint density at radius 2 is 1.31 bits per heavy atom. The molecule has 0 N–H and O–H groups in total. The second kappa shape index (κ2) is 14.2. The van der Waals surface area contributed by atoms with E-state index in [9.17, 15) is 4.39 Å². The molecule has 4 rings (SSSR count). The summed E-state index contributed by atoms with van der Waals surface area (Å²) in [6.07, 6.45) is 22.3. The number of alkyl halides is 1. The molecule has 0 bridgehead atoms. The van der Waals surface area contributed by atoms with E-state index in [-0.39, 0.29) is 6.67 Å². The number of ether oxygens (including phenoxy) is 1. The predicted octanol–water partition coefficient (Wildman–Crippen LogP) is 9.68. The van der Waals surface area contributed by atoms with Gasteiger partial charge in [-0.3, -0.25) is 4.39 Å². The van der Waals surface area contributed by atoms with Crippen LogP contribution in [0.15, 0.2) is 24.3 Å². The molecule has 1 unspecified atom stereocenters. The maximum absolute atomic E-state index is 12.4. The highest BCUT2D eigenvalue weighted by atomic mass is 19.1. The van der Waals surface area contributed by atoms with Gasteiger partial charge in [0, 0.05) is 6.61 Å². The molecule has 1 aromatic carbocycles. The number of rotatable bonds is 11. The van der Waals surface area contributed by atoms with E-state index in [0.717, 1.165) is 48.5 Å². The molecule has 2 heteroatoms. The smallest absolute Gasteiger partial charge is 0.0897 e. The topological polar surface area (TPSA) is 9.23 Å². The van der Waals surface area contributed by atoms with E-state index in [0.29, 0.717) is 12.5 Å². The highest BCUT2D eigenvalue weighted by Gasteiger charge is 2.32. The van der Waals surface area contributed by atoms with Crippen LogP contribution in [0.2, 0.25) is 0 Å². The first-order valence-electron chi connectivity index (χ1n) is 15.4. The van der Waals surface area contributed by atoms with Gasteiger partial charge in [0.05, 0.1) is 12.8 Å². The molecule has 0 radical (unpaired) electrons. The number of halogens is 1. The average molecular weight is 485 g/mol. The van der Waals surface area contributed by atoms with Gasteiger partial charge in [-0.05, 0) is 125 Å². The zero-order valence-corrected chi connectivity index (χ0v) is 22.9. The van der Waals surface area contributed by atoms with Gasteiger partial charge in [-0.25, -0.2) is 0 Å². The SMILES string of the molecule is CCOC(C)[C@H]1CC[C@H](CC[C@H]2CC[C@H]([C@H]3CC[C@H](c4ccc(CCCF)cc4)CC3)CC2)CC1. The van der Waals surface area contributed by atoms with Gasteiger partial charge in [0.2, 0.25) is 0 Å². The number of hydrogen-bond acceptors (Lipinski definition) is 1. The lowest BCUT2D eigenvalue weighted by atomic mass is 9.67. The van der Waals surface area contributed by atoms with Crippen LogP contribution in [0.3, 0.4) is 0 Å². The van der Waals surface area contributed by atoms with Crippen molar-refractivity contribution in [2.45, 2.75) is 129 Å². The van der Waals surface area contributed by atoms with Crippen molar-refractivity contribution in [3.05, 3.63) is 35.4 Å². The summed E-state index contributed by atoms with van der Waals surface area (Å²) in [7, 11) is 0. The van der Waals surface area contributed by atoms with E-state index in [2.05, 4.69) is 38.1 Å². The largest absolute Gasteiger partial charge is 0.379 e. The van der Waals surface area contributed by atoms with Crippen LogP contribution in [-0.4, -0.2) is 19.4 Å². The third-order valence-corrected chi connectivity index (χ3v) is 10.3. The Bertz CT molecular complexity index is 690. The Balaban J connectivity index is 1.10. The van der Waals surface area contributed by atoms with Crippen molar-refractivity contribution >= 4 is 0 Å². The van der Waals surface area contributed by atoms with Crippen molar-refractivity contribution in [1.82, 2.24) is 0 Å². The van der Waals surface area contributed by atoms with Crippen LogP contribution < -0.4 is 0 Å². The van der Waals surface area contributed by atoms with Crippen LogP contribution in [0.5, 0.6) is 0 Å². The second-order valence-corrected chi connectivity index (χ2v) is 12.4. The zero-order valence-electron chi connectivity index (χ0n) is 22.9. The summed E-state index contributed by atoms with van der Waals surface area (Å²) in [6, 6.07) is 9.14. The first kappa shape index (κ1) is 27.2. The first-order chi connectivity index (χ1) is 17.2. The van der Waals surface area contributed by atoms with Crippen molar-refractivity contribution in [3.63, 3.8) is 0 Å². The average Bonchev–Trinajstić information content (AvgIpc) is 2.92. The van der Waals surface area contributed by atoms with Crippen LogP contribution >= 0.6 is 0 Å². The predicted molar refractivity (Wildman–Crippen MR) is 147 cm³/mol. The summed E-state index contributed by atoms with van der Waals surface area (Å²) < 4.78 is 18.3. The van der Waals surface area contributed by atoms with Crippen molar-refractivity contribution < 1.29 is 9.13 Å². The Morgan fingerprint density at radius 1 is 0.771 bits per heavy atom. The van der Waals surface area contributed by atoms with Gasteiger partial charge in [0.25, 0.3) is 0 Å². The fourth-order valence-electron chi connectivity index (χ4n) is 7.92. The molecule has 3 saturated carbocycles. The maximum Gasteiger partial charge on any atom is 0.0897 e. The van der Waals surface area contributed by atoms with E-state index < -0.39 is 0 Å². The van der Waals surface area contributed by atoms with Crippen LogP contribution in [0.4, 0.5) is 4.39 Å². The quantitative estimate of drug-likeness (QED) is 0.304. The summed E-state index contributed by atoms with van der Waals surface area (Å²) in [5, 5.41) is 0. The highest BCUT2D eigenvalue weighted by molar-refractivity contribution is 5.26. The first-order valence-corrected chi connectivity index (χ1v) is 15.4. The van der Waals surface area contributed by atoms with Gasteiger partial charge >= 0.3 is 0 Å². The lowest BCUT2D eigenvalue weighted by Gasteiger charge is -2.38. The molecule has 3 fully saturated rings. The number of aryl methyl sites for hydroxylation is 1. The molecule has 0 amide bonds. The van der Waals surface area contributed by atoms with Crippen molar-refractivity contribution in [1.29, 1.82) is 0 Å². The molecule has 1 aromatic rings. The highest BCUT2D eigenvalue weighted by Crippen LogP contribution is 2.45. The number of benzene rings is 1. The normalized spacial score (nSPS) is 32.9. The van der Waals surface area contributed by atoms with Crippen molar-refractivity contribution in [2.24, 2.45) is 29.6 Å². The standard InChI is InChI=1S/C33H53FO/c1-3-35-25(2)29-14-8-27(9-15-29)6-7-28-12-18-31(19-13-28)33-22-20-32(21-23-33)30-16-10-26(11-17-30)5-4-24-34/h10-11,16-17,25,27-29,31-33H,3-9,12-15,18-24H2,1-2H3/t25?,27-,28-,29-,31-,32-,33-. The van der Waals surface area contributed by atoms with E-state index in [1.54, 1.807) is 0 Å². The molecule has 1 nitrogen and oxygen atoms in total. The van der Waals surface area contributed by atoms with Gasteiger partial charge in [0.1, 0.15) is 0 Å². The minimum absolute atomic E-state index is 0.205. The maximum atomic E-state index is 12.4. The van der Waals surface area contributed by atoms with Gasteiger partial charge in [-0.15, -0.1) is 0 Å². The van der Waals surface area contributed by atoms with Gasteiger partial charge < -0.3 is 4.74 Å². The van der Waals surface area contributed by atoms with E-state index in [1.165, 1.54) is 101 Å². The monoisotopic (exact) mass is 484 g/mol. The lowest BCUT2D eigenvalue weighted by molar-refractivity contribution is 0.0136. The molecule has 198 valence electrons. The Labute approximate surface area is 216 Å². The third-order valence-electron chi connectivity index (χ3n) is 10.3. The fourth-order valence-corrected chi connectivity index (χ4v) is 7.92. The molecule has 3 aliphatic carbocycles. The molecule has 0 saturated heterocycles. The van der Waals surface area contributed by atoms with E-state index in [1.807, 2.05) is 0 Å². The molecular formula is C33H53FO. The van der Waals surface area contributed by atoms with E-state index in [4.69, 9.17) is 4.74 Å². The minimum atomic E-state index is -0.205. The minimum Gasteiger partial charge on any atom is -0.379 e. The lowest BCUT2D eigenvalue weighted by Crippen LogP contribution is -2.27. The summed E-state index contributed by atoms with van der Waals surface area (Å²) >= 11 is 0. The zero-order chi connectivity index (χ0) is 24.5.